The van der Waals surface area contributed by atoms with Crippen LogP contribution >= 0.6 is 0 Å². The fourth-order valence-corrected chi connectivity index (χ4v) is 1.71. The number of nitrogen functional groups attached to an aromatic ring is 1. The van der Waals surface area contributed by atoms with E-state index in [0.717, 1.165) is 6.42 Å². The number of nitrogens with one attached hydrogen (secondary N) is 1. The quantitative estimate of drug-likeness (QED) is 0.621. The summed E-state index contributed by atoms with van der Waals surface area (Å²) in [5, 5.41) is 0. The van der Waals surface area contributed by atoms with Crippen LogP contribution in [0.3, 0.4) is 0 Å². The Morgan fingerprint density at radius 3 is 2.55 bits per heavy atom. The fourth-order valence-electron chi connectivity index (χ4n) is 1.71. The smallest absolute Gasteiger partial charge is 0.224 e. The molecule has 0 bridgehead atoms. The average Bonchev–Trinajstić information content (AvgIpc) is 2.48. The molecule has 2 rings (SSSR count). The van der Waals surface area contributed by atoms with Crippen LogP contribution in [0.5, 0.6) is 11.6 Å². The molecule has 3 N–H and O–H groups in total. The zero-order valence-corrected chi connectivity index (χ0v) is 11.6. The van der Waals surface area contributed by atoms with Crippen molar-refractivity contribution in [1.29, 1.82) is 0 Å². The third-order valence-electron chi connectivity index (χ3n) is 2.72. The van der Waals surface area contributed by atoms with Crippen molar-refractivity contribution in [3.63, 3.8) is 0 Å². The van der Waals surface area contributed by atoms with Crippen LogP contribution < -0.4 is 16.0 Å². The number of rotatable bonds is 6. The van der Waals surface area contributed by atoms with Gasteiger partial charge in [-0.15, -0.1) is 0 Å². The summed E-state index contributed by atoms with van der Waals surface area (Å²) in [6, 6.07) is 9.50. The second-order valence-corrected chi connectivity index (χ2v) is 4.18. The molecule has 0 atom stereocenters. The molecule has 0 spiro atoms. The van der Waals surface area contributed by atoms with Crippen molar-refractivity contribution in [3.05, 3.63) is 41.7 Å². The van der Waals surface area contributed by atoms with Crippen LogP contribution in [0.4, 0.5) is 5.82 Å². The van der Waals surface area contributed by atoms with Crippen molar-refractivity contribution < 1.29 is 9.47 Å². The molecule has 0 aliphatic heterocycles. The van der Waals surface area contributed by atoms with E-state index < -0.39 is 0 Å². The van der Waals surface area contributed by atoms with Gasteiger partial charge in [-0.3, -0.25) is 0 Å². The number of ether oxygens (including phenoxy) is 2. The molecule has 0 aliphatic carbocycles. The maximum atomic E-state index is 5.71. The first-order valence-corrected chi connectivity index (χ1v) is 6.35. The Morgan fingerprint density at radius 1 is 1.20 bits per heavy atom. The molecule has 1 aromatic carbocycles. The lowest BCUT2D eigenvalue weighted by Gasteiger charge is -2.09. The number of hydrazine groups is 1. The van der Waals surface area contributed by atoms with E-state index in [9.17, 15) is 0 Å². The van der Waals surface area contributed by atoms with Gasteiger partial charge in [-0.25, -0.2) is 10.8 Å². The van der Waals surface area contributed by atoms with Gasteiger partial charge in [0, 0.05) is 13.2 Å². The predicted molar refractivity (Wildman–Crippen MR) is 76.4 cm³/mol. The summed E-state index contributed by atoms with van der Waals surface area (Å²) in [5.74, 6) is 7.50. The Hall–Kier alpha value is -2.18. The Morgan fingerprint density at radius 2 is 1.95 bits per heavy atom. The number of methoxy groups -OCH3 is 1. The number of benzene rings is 1. The van der Waals surface area contributed by atoms with E-state index in [4.69, 9.17) is 15.3 Å². The molecule has 6 heteroatoms. The third-order valence-corrected chi connectivity index (χ3v) is 2.72. The van der Waals surface area contributed by atoms with E-state index >= 15 is 0 Å². The van der Waals surface area contributed by atoms with E-state index in [-0.39, 0.29) is 0 Å². The largest absolute Gasteiger partial charge is 0.439 e. The van der Waals surface area contributed by atoms with Crippen molar-refractivity contribution in [1.82, 2.24) is 9.97 Å². The molecule has 0 amide bonds. The van der Waals surface area contributed by atoms with Gasteiger partial charge in [0.15, 0.2) is 5.82 Å². The van der Waals surface area contributed by atoms with Gasteiger partial charge in [0.2, 0.25) is 5.88 Å². The van der Waals surface area contributed by atoms with Gasteiger partial charge in [0.25, 0.3) is 0 Å². The minimum absolute atomic E-state index is 0.292. The van der Waals surface area contributed by atoms with Crippen LogP contribution in [-0.2, 0) is 17.8 Å². The SMILES string of the molecule is CCc1ccc(Oc2cc(NN)nc(COC)n2)cc1. The third kappa shape index (κ3) is 3.66. The van der Waals surface area contributed by atoms with Crippen LogP contribution in [0, 0.1) is 0 Å². The first-order chi connectivity index (χ1) is 9.75. The molecule has 0 radical (unpaired) electrons. The molecule has 0 saturated carbocycles. The summed E-state index contributed by atoms with van der Waals surface area (Å²) in [6.45, 7) is 2.40. The monoisotopic (exact) mass is 274 g/mol. The molecule has 0 saturated heterocycles. The normalized spacial score (nSPS) is 10.3. The van der Waals surface area contributed by atoms with Crippen LogP contribution in [0.2, 0.25) is 0 Å². The molecule has 2 aromatic rings. The number of hydrogen-bond donors (Lipinski definition) is 2. The van der Waals surface area contributed by atoms with Gasteiger partial charge in [-0.2, -0.15) is 4.98 Å². The molecule has 0 aliphatic rings. The van der Waals surface area contributed by atoms with Gasteiger partial charge in [-0.05, 0) is 24.1 Å². The van der Waals surface area contributed by atoms with E-state index in [0.29, 0.717) is 29.9 Å². The summed E-state index contributed by atoms with van der Waals surface area (Å²) >= 11 is 0. The first kappa shape index (κ1) is 14.2. The summed E-state index contributed by atoms with van der Waals surface area (Å²) in [7, 11) is 1.58. The number of aromatic nitrogens is 2. The van der Waals surface area contributed by atoms with E-state index in [1.807, 2.05) is 24.3 Å². The predicted octanol–water partition coefficient (Wildman–Crippen LogP) is 2.26. The maximum Gasteiger partial charge on any atom is 0.224 e. The lowest BCUT2D eigenvalue weighted by molar-refractivity contribution is 0.177. The number of nitrogens with two attached hydrogens (primary N) is 1. The molecule has 1 aromatic heterocycles. The highest BCUT2D eigenvalue weighted by Gasteiger charge is 2.06. The van der Waals surface area contributed by atoms with E-state index in [1.165, 1.54) is 5.56 Å². The summed E-state index contributed by atoms with van der Waals surface area (Å²) < 4.78 is 10.7. The van der Waals surface area contributed by atoms with Gasteiger partial charge < -0.3 is 14.9 Å². The van der Waals surface area contributed by atoms with Crippen LogP contribution in [0.1, 0.15) is 18.3 Å². The van der Waals surface area contributed by atoms with Gasteiger partial charge in [-0.1, -0.05) is 19.1 Å². The lowest BCUT2D eigenvalue weighted by atomic mass is 10.2. The van der Waals surface area contributed by atoms with E-state index in [1.54, 1.807) is 13.2 Å². The molecule has 0 fully saturated rings. The van der Waals surface area contributed by atoms with Crippen LogP contribution in [0.15, 0.2) is 30.3 Å². The summed E-state index contributed by atoms with van der Waals surface area (Å²) in [4.78, 5) is 8.41. The standard InChI is InChI=1S/C14H18N4O2/c1-3-10-4-6-11(7-5-10)20-14-8-12(18-15)16-13(17-14)9-19-2/h4-8H,3,9,15H2,1-2H3,(H,16,17,18). The number of anilines is 1. The Balaban J connectivity index is 2.20. The van der Waals surface area contributed by atoms with Crippen molar-refractivity contribution >= 4 is 5.82 Å². The number of hydrogen-bond acceptors (Lipinski definition) is 6. The van der Waals surface area contributed by atoms with Crippen molar-refractivity contribution in [2.75, 3.05) is 12.5 Å². The van der Waals surface area contributed by atoms with Gasteiger partial charge in [0.05, 0.1) is 0 Å². The minimum Gasteiger partial charge on any atom is -0.439 e. The van der Waals surface area contributed by atoms with E-state index in [2.05, 4.69) is 22.3 Å². The second-order valence-electron chi connectivity index (χ2n) is 4.18. The zero-order valence-electron chi connectivity index (χ0n) is 11.6. The molecule has 1 heterocycles. The lowest BCUT2D eigenvalue weighted by Crippen LogP contribution is -2.11. The van der Waals surface area contributed by atoms with Gasteiger partial charge in [0.1, 0.15) is 18.2 Å². The highest BCUT2D eigenvalue weighted by atomic mass is 16.5. The Kier molecular flexibility index (Phi) is 4.86. The second kappa shape index (κ2) is 6.83. The van der Waals surface area contributed by atoms with Crippen molar-refractivity contribution in [2.45, 2.75) is 20.0 Å². The maximum absolute atomic E-state index is 5.71. The topological polar surface area (TPSA) is 82.3 Å². The minimum atomic E-state index is 0.292. The summed E-state index contributed by atoms with van der Waals surface area (Å²) in [5.41, 5.74) is 3.74. The first-order valence-electron chi connectivity index (χ1n) is 6.35. The number of aryl methyl sites for hydroxylation is 1. The molecule has 6 nitrogen and oxygen atoms in total. The Labute approximate surface area is 117 Å². The zero-order chi connectivity index (χ0) is 14.4. The fraction of sp³-hybridized carbons (Fsp3) is 0.286. The van der Waals surface area contributed by atoms with Gasteiger partial charge >= 0.3 is 0 Å². The molecular formula is C14H18N4O2. The molecule has 20 heavy (non-hydrogen) atoms. The molecule has 106 valence electrons. The molecular weight excluding hydrogens is 256 g/mol. The summed E-state index contributed by atoms with van der Waals surface area (Å²) in [6.07, 6.45) is 0.993. The van der Waals surface area contributed by atoms with Crippen molar-refractivity contribution in [2.24, 2.45) is 5.84 Å². The highest BCUT2D eigenvalue weighted by molar-refractivity contribution is 5.39. The Bertz CT molecular complexity index is 558. The van der Waals surface area contributed by atoms with Crippen LogP contribution in [0.25, 0.3) is 0 Å². The number of nitrogens with zero attached hydrogens (tertiary/aromatic N) is 2. The average molecular weight is 274 g/mol. The van der Waals surface area contributed by atoms with Crippen molar-refractivity contribution in [3.8, 4) is 11.6 Å². The highest BCUT2D eigenvalue weighted by Crippen LogP contribution is 2.22. The molecule has 0 unspecified atom stereocenters. The van der Waals surface area contributed by atoms with Crippen LogP contribution in [-0.4, -0.2) is 17.1 Å².